The van der Waals surface area contributed by atoms with Crippen LogP contribution in [0.3, 0.4) is 0 Å². The largest absolute Gasteiger partial charge is 0.390 e. The number of para-hydroxylation sites is 1. The molecule has 0 atom stereocenters. The van der Waals surface area contributed by atoms with E-state index in [0.717, 1.165) is 12.8 Å². The van der Waals surface area contributed by atoms with Gasteiger partial charge in [-0.25, -0.2) is 8.42 Å². The van der Waals surface area contributed by atoms with Gasteiger partial charge in [-0.15, -0.1) is 0 Å². The highest BCUT2D eigenvalue weighted by Crippen LogP contribution is 2.24. The van der Waals surface area contributed by atoms with Crippen molar-refractivity contribution in [3.05, 3.63) is 48.3 Å². The predicted molar refractivity (Wildman–Crippen MR) is 82.6 cm³/mol. The summed E-state index contributed by atoms with van der Waals surface area (Å²) in [7, 11) is -3.62. The van der Waals surface area contributed by atoms with Crippen molar-refractivity contribution >= 4 is 15.7 Å². The van der Waals surface area contributed by atoms with Gasteiger partial charge in [0.05, 0.1) is 12.3 Å². The van der Waals surface area contributed by atoms with Gasteiger partial charge in [-0.2, -0.15) is 0 Å². The molecule has 0 saturated heterocycles. The Bertz CT molecular complexity index is 665. The second-order valence-corrected chi connectivity index (χ2v) is 6.65. The number of sulfonamides is 1. The Hall–Kier alpha value is -1.79. The lowest BCUT2D eigenvalue weighted by molar-refractivity contribution is 0.277. The standard InChI is InChI=1S/C15H20N2O3S/c1-2-3-9-17(14-7-5-4-6-8-14)21(19,20)15-10-13(12-18)16-11-15/h4-8,10-11,16,18H,2-3,9,12H2,1H3. The van der Waals surface area contributed by atoms with Crippen LogP contribution in [0.25, 0.3) is 0 Å². The summed E-state index contributed by atoms with van der Waals surface area (Å²) < 4.78 is 27.0. The monoisotopic (exact) mass is 308 g/mol. The van der Waals surface area contributed by atoms with Crippen LogP contribution >= 0.6 is 0 Å². The van der Waals surface area contributed by atoms with Gasteiger partial charge >= 0.3 is 0 Å². The first-order valence-electron chi connectivity index (χ1n) is 6.95. The first-order valence-corrected chi connectivity index (χ1v) is 8.39. The normalized spacial score (nSPS) is 11.5. The smallest absolute Gasteiger partial charge is 0.265 e. The van der Waals surface area contributed by atoms with Crippen molar-refractivity contribution in [2.24, 2.45) is 0 Å². The highest BCUT2D eigenvalue weighted by molar-refractivity contribution is 7.92. The molecule has 6 heteroatoms. The van der Waals surface area contributed by atoms with Gasteiger partial charge in [-0.3, -0.25) is 4.31 Å². The van der Waals surface area contributed by atoms with Crippen LogP contribution in [0, 0.1) is 0 Å². The van der Waals surface area contributed by atoms with Gasteiger partial charge < -0.3 is 10.1 Å². The number of unbranched alkanes of at least 4 members (excludes halogenated alkanes) is 1. The second-order valence-electron chi connectivity index (χ2n) is 4.79. The lowest BCUT2D eigenvalue weighted by Gasteiger charge is -2.23. The Morgan fingerprint density at radius 2 is 1.95 bits per heavy atom. The lowest BCUT2D eigenvalue weighted by Crippen LogP contribution is -2.31. The molecule has 0 aliphatic carbocycles. The van der Waals surface area contributed by atoms with Crippen LogP contribution in [0.4, 0.5) is 5.69 Å². The number of rotatable bonds is 7. The molecular weight excluding hydrogens is 288 g/mol. The molecule has 2 aromatic rings. The molecule has 0 aliphatic heterocycles. The first-order chi connectivity index (χ1) is 10.1. The molecule has 0 spiro atoms. The summed E-state index contributed by atoms with van der Waals surface area (Å²) in [6.07, 6.45) is 3.11. The predicted octanol–water partition coefficient (Wildman–Crippen LogP) is 2.50. The second kappa shape index (κ2) is 6.78. The Kier molecular flexibility index (Phi) is 5.03. The van der Waals surface area contributed by atoms with E-state index in [1.807, 2.05) is 25.1 Å². The molecule has 0 aliphatic rings. The molecule has 5 nitrogen and oxygen atoms in total. The van der Waals surface area contributed by atoms with Gasteiger partial charge in [0.1, 0.15) is 4.90 Å². The summed E-state index contributed by atoms with van der Waals surface area (Å²) in [5.41, 5.74) is 1.13. The number of nitrogens with zero attached hydrogens (tertiary/aromatic N) is 1. The molecule has 1 aromatic carbocycles. The van der Waals surface area contributed by atoms with Crippen molar-refractivity contribution in [1.82, 2.24) is 4.98 Å². The average molecular weight is 308 g/mol. The van der Waals surface area contributed by atoms with E-state index in [2.05, 4.69) is 4.98 Å². The van der Waals surface area contributed by atoms with Crippen LogP contribution in [-0.2, 0) is 16.6 Å². The number of anilines is 1. The third-order valence-corrected chi connectivity index (χ3v) is 5.04. The topological polar surface area (TPSA) is 73.4 Å². The first kappa shape index (κ1) is 15.6. The van der Waals surface area contributed by atoms with Gasteiger partial charge in [-0.05, 0) is 24.6 Å². The van der Waals surface area contributed by atoms with Gasteiger partial charge in [0.25, 0.3) is 10.0 Å². The van der Waals surface area contributed by atoms with Crippen molar-refractivity contribution in [2.45, 2.75) is 31.3 Å². The van der Waals surface area contributed by atoms with Gasteiger partial charge in [0.15, 0.2) is 0 Å². The molecule has 0 amide bonds. The average Bonchev–Trinajstić information content (AvgIpc) is 2.98. The molecule has 0 unspecified atom stereocenters. The number of aliphatic hydroxyl groups is 1. The minimum atomic E-state index is -3.62. The summed E-state index contributed by atoms with van der Waals surface area (Å²) in [5.74, 6) is 0. The highest BCUT2D eigenvalue weighted by Gasteiger charge is 2.25. The van der Waals surface area contributed by atoms with E-state index in [9.17, 15) is 8.42 Å². The van der Waals surface area contributed by atoms with Crippen LogP contribution in [0.15, 0.2) is 47.5 Å². The molecule has 0 fully saturated rings. The van der Waals surface area contributed by atoms with E-state index in [-0.39, 0.29) is 11.5 Å². The molecule has 21 heavy (non-hydrogen) atoms. The van der Waals surface area contributed by atoms with E-state index >= 15 is 0 Å². The summed E-state index contributed by atoms with van der Waals surface area (Å²) in [6, 6.07) is 10.5. The maximum atomic E-state index is 12.8. The number of hydrogen-bond acceptors (Lipinski definition) is 3. The van der Waals surface area contributed by atoms with Crippen molar-refractivity contribution in [2.75, 3.05) is 10.8 Å². The molecule has 0 saturated carbocycles. The highest BCUT2D eigenvalue weighted by atomic mass is 32.2. The fourth-order valence-electron chi connectivity index (χ4n) is 2.07. The molecule has 2 N–H and O–H groups in total. The van der Waals surface area contributed by atoms with Crippen molar-refractivity contribution in [3.63, 3.8) is 0 Å². The van der Waals surface area contributed by atoms with Crippen LogP contribution in [-0.4, -0.2) is 25.1 Å². The van der Waals surface area contributed by atoms with Crippen LogP contribution in [0.5, 0.6) is 0 Å². The van der Waals surface area contributed by atoms with E-state index in [4.69, 9.17) is 5.11 Å². The SMILES string of the molecule is CCCCN(c1ccccc1)S(=O)(=O)c1c[nH]c(CO)c1. The minimum Gasteiger partial charge on any atom is -0.390 e. The maximum Gasteiger partial charge on any atom is 0.265 e. The van der Waals surface area contributed by atoms with E-state index < -0.39 is 10.0 Å². The molecule has 0 radical (unpaired) electrons. The van der Waals surface area contributed by atoms with Crippen LogP contribution in [0.1, 0.15) is 25.5 Å². The molecule has 2 rings (SSSR count). The summed E-state index contributed by atoms with van der Waals surface area (Å²) in [5, 5.41) is 9.07. The van der Waals surface area contributed by atoms with E-state index in [0.29, 0.717) is 17.9 Å². The van der Waals surface area contributed by atoms with Crippen LogP contribution < -0.4 is 4.31 Å². The van der Waals surface area contributed by atoms with E-state index in [1.165, 1.54) is 16.6 Å². The third kappa shape index (κ3) is 3.46. The van der Waals surface area contributed by atoms with Crippen molar-refractivity contribution in [1.29, 1.82) is 0 Å². The molecule has 1 aromatic heterocycles. The Morgan fingerprint density at radius 1 is 1.24 bits per heavy atom. The molecule has 114 valence electrons. The van der Waals surface area contributed by atoms with Crippen LogP contribution in [0.2, 0.25) is 0 Å². The fraction of sp³-hybridized carbons (Fsp3) is 0.333. The third-order valence-electron chi connectivity index (χ3n) is 3.23. The van der Waals surface area contributed by atoms with Gasteiger partial charge in [0.2, 0.25) is 0 Å². The number of benzene rings is 1. The number of aliphatic hydroxyl groups excluding tert-OH is 1. The van der Waals surface area contributed by atoms with Crippen molar-refractivity contribution < 1.29 is 13.5 Å². The number of aromatic amines is 1. The van der Waals surface area contributed by atoms with Gasteiger partial charge in [0, 0.05) is 18.4 Å². The summed E-state index contributed by atoms with van der Waals surface area (Å²) in [4.78, 5) is 2.94. The van der Waals surface area contributed by atoms with E-state index in [1.54, 1.807) is 12.1 Å². The molecule has 1 heterocycles. The zero-order valence-corrected chi connectivity index (χ0v) is 12.8. The number of hydrogen-bond donors (Lipinski definition) is 2. The summed E-state index contributed by atoms with van der Waals surface area (Å²) >= 11 is 0. The molecule has 0 bridgehead atoms. The van der Waals surface area contributed by atoms with Gasteiger partial charge in [-0.1, -0.05) is 31.5 Å². The minimum absolute atomic E-state index is 0.173. The van der Waals surface area contributed by atoms with Crippen molar-refractivity contribution in [3.8, 4) is 0 Å². The maximum absolute atomic E-state index is 12.8. The zero-order valence-electron chi connectivity index (χ0n) is 12.0. The molecular formula is C15H20N2O3S. The number of aromatic nitrogens is 1. The number of H-pyrrole nitrogens is 1. The Morgan fingerprint density at radius 3 is 2.52 bits per heavy atom. The lowest BCUT2D eigenvalue weighted by atomic mass is 10.3. The fourth-order valence-corrected chi connectivity index (χ4v) is 3.59. The zero-order chi connectivity index (χ0) is 15.3. The Balaban J connectivity index is 2.39. The summed E-state index contributed by atoms with van der Waals surface area (Å²) in [6.45, 7) is 2.24. The number of nitrogens with one attached hydrogen (secondary N) is 1. The quantitative estimate of drug-likeness (QED) is 0.825. The Labute approximate surface area is 125 Å².